The SMILES string of the molecule is c1ccc2nc(-c3ccc(N(c4ccc(-c5ncc6ccccc6n5)cc4)c4ccc5cc(-c6ccnc7c6oc6ccccc67)ccc5c4)cc3)ncc2c1. The van der Waals surface area contributed by atoms with E-state index < -0.39 is 0 Å². The average molecular weight is 719 g/mol. The van der Waals surface area contributed by atoms with Gasteiger partial charge in [0.25, 0.3) is 0 Å². The Morgan fingerprint density at radius 3 is 1.66 bits per heavy atom. The number of hydrogen-bond acceptors (Lipinski definition) is 7. The zero-order chi connectivity index (χ0) is 37.0. The average Bonchev–Trinajstić information content (AvgIpc) is 3.66. The van der Waals surface area contributed by atoms with Gasteiger partial charge < -0.3 is 9.32 Å². The topological polar surface area (TPSA) is 80.8 Å². The van der Waals surface area contributed by atoms with E-state index >= 15 is 0 Å². The van der Waals surface area contributed by atoms with Crippen molar-refractivity contribution in [3.05, 3.63) is 182 Å². The van der Waals surface area contributed by atoms with Crippen molar-refractivity contribution < 1.29 is 4.42 Å². The van der Waals surface area contributed by atoms with Gasteiger partial charge in [-0.3, -0.25) is 4.98 Å². The molecule has 4 aromatic heterocycles. The van der Waals surface area contributed by atoms with E-state index in [2.05, 4.69) is 111 Å². The van der Waals surface area contributed by atoms with Crippen molar-refractivity contribution in [1.82, 2.24) is 24.9 Å². The number of furan rings is 1. The van der Waals surface area contributed by atoms with Gasteiger partial charge in [-0.25, -0.2) is 19.9 Å². The second-order valence-electron chi connectivity index (χ2n) is 13.8. The number of anilines is 3. The number of nitrogens with zero attached hydrogens (tertiary/aromatic N) is 6. The normalized spacial score (nSPS) is 11.6. The van der Waals surface area contributed by atoms with E-state index in [4.69, 9.17) is 14.4 Å². The van der Waals surface area contributed by atoms with Gasteiger partial charge >= 0.3 is 0 Å². The van der Waals surface area contributed by atoms with E-state index in [0.29, 0.717) is 11.6 Å². The molecular weight excluding hydrogens is 689 g/mol. The molecule has 0 amide bonds. The molecule has 0 unspecified atom stereocenters. The summed E-state index contributed by atoms with van der Waals surface area (Å²) in [6.07, 6.45) is 5.62. The minimum absolute atomic E-state index is 0.692. The summed E-state index contributed by atoms with van der Waals surface area (Å²) in [6, 6.07) is 56.2. The van der Waals surface area contributed by atoms with E-state index in [1.54, 1.807) is 0 Å². The van der Waals surface area contributed by atoms with E-state index in [-0.39, 0.29) is 0 Å². The van der Waals surface area contributed by atoms with Gasteiger partial charge in [-0.05, 0) is 113 Å². The van der Waals surface area contributed by atoms with Gasteiger partial charge in [0.05, 0.1) is 11.0 Å². The number of pyridine rings is 1. The van der Waals surface area contributed by atoms with Crippen LogP contribution in [0.3, 0.4) is 0 Å². The number of para-hydroxylation sites is 3. The first-order valence-corrected chi connectivity index (χ1v) is 18.5. The third-order valence-electron chi connectivity index (χ3n) is 10.4. The third-order valence-corrected chi connectivity index (χ3v) is 10.4. The summed E-state index contributed by atoms with van der Waals surface area (Å²) in [7, 11) is 0. The molecule has 0 bridgehead atoms. The van der Waals surface area contributed by atoms with Crippen LogP contribution in [0.1, 0.15) is 0 Å². The molecule has 0 N–H and O–H groups in total. The molecule has 0 spiro atoms. The number of rotatable bonds is 6. The molecule has 0 aliphatic heterocycles. The molecule has 7 heteroatoms. The van der Waals surface area contributed by atoms with Gasteiger partial charge in [0.1, 0.15) is 11.1 Å². The van der Waals surface area contributed by atoms with E-state index in [1.807, 2.05) is 91.4 Å². The Balaban J connectivity index is 0.987. The monoisotopic (exact) mass is 718 g/mol. The molecule has 11 rings (SSSR count). The van der Waals surface area contributed by atoms with Crippen LogP contribution >= 0.6 is 0 Å². The highest BCUT2D eigenvalue weighted by molar-refractivity contribution is 6.07. The van der Waals surface area contributed by atoms with E-state index in [1.165, 1.54) is 0 Å². The summed E-state index contributed by atoms with van der Waals surface area (Å²) < 4.78 is 6.32. The summed E-state index contributed by atoms with van der Waals surface area (Å²) in [6.45, 7) is 0. The summed E-state index contributed by atoms with van der Waals surface area (Å²) in [5.74, 6) is 1.38. The van der Waals surface area contributed by atoms with Crippen LogP contribution in [0.25, 0.3) is 88.5 Å². The first kappa shape index (κ1) is 31.7. The van der Waals surface area contributed by atoms with Gasteiger partial charge in [0.15, 0.2) is 17.2 Å². The highest BCUT2D eigenvalue weighted by Gasteiger charge is 2.17. The lowest BCUT2D eigenvalue weighted by molar-refractivity contribution is 0.669. The van der Waals surface area contributed by atoms with Crippen molar-refractivity contribution in [2.24, 2.45) is 0 Å². The van der Waals surface area contributed by atoms with E-state index in [9.17, 15) is 0 Å². The van der Waals surface area contributed by atoms with Crippen LogP contribution in [0.5, 0.6) is 0 Å². The maximum Gasteiger partial charge on any atom is 0.161 e. The lowest BCUT2D eigenvalue weighted by Gasteiger charge is -2.26. The molecule has 262 valence electrons. The first-order valence-electron chi connectivity index (χ1n) is 18.5. The van der Waals surface area contributed by atoms with Gasteiger partial charge in [0, 0.05) is 68.5 Å². The van der Waals surface area contributed by atoms with Crippen LogP contribution in [0.15, 0.2) is 187 Å². The second-order valence-corrected chi connectivity index (χ2v) is 13.8. The zero-order valence-electron chi connectivity index (χ0n) is 29.9. The van der Waals surface area contributed by atoms with Crippen LogP contribution in [0.4, 0.5) is 17.1 Å². The standard InChI is InChI=1S/C49H30N6O/c1-4-10-43-36(7-1)29-51-48(53-43)31-15-20-38(21-16-31)55(39-22-17-32(18-23-39)49-52-30-37-8-2-5-11-44(37)54-49)40-24-19-33-27-35(14-13-34(33)28-40)41-25-26-50-46-42-9-3-6-12-45(42)56-47(41)46/h1-30H. The quantitative estimate of drug-likeness (QED) is 0.169. The Morgan fingerprint density at radius 1 is 0.429 bits per heavy atom. The molecule has 0 radical (unpaired) electrons. The molecule has 0 aliphatic carbocycles. The molecule has 11 aromatic rings. The lowest BCUT2D eigenvalue weighted by Crippen LogP contribution is -2.10. The van der Waals surface area contributed by atoms with Crippen molar-refractivity contribution in [1.29, 1.82) is 0 Å². The van der Waals surface area contributed by atoms with Crippen LogP contribution in [0.2, 0.25) is 0 Å². The Morgan fingerprint density at radius 2 is 0.982 bits per heavy atom. The Bertz CT molecular complexity index is 3140. The fourth-order valence-electron chi connectivity index (χ4n) is 7.56. The lowest BCUT2D eigenvalue weighted by atomic mass is 10.00. The van der Waals surface area contributed by atoms with Gasteiger partial charge in [-0.1, -0.05) is 66.7 Å². The van der Waals surface area contributed by atoms with Crippen molar-refractivity contribution in [2.45, 2.75) is 0 Å². The third kappa shape index (κ3) is 5.49. The van der Waals surface area contributed by atoms with Crippen molar-refractivity contribution in [3.63, 3.8) is 0 Å². The number of benzene rings is 7. The minimum atomic E-state index is 0.692. The number of aromatic nitrogens is 5. The molecular formula is C49H30N6O. The summed E-state index contributed by atoms with van der Waals surface area (Å²) in [5, 5.41) is 5.30. The van der Waals surface area contributed by atoms with Crippen molar-refractivity contribution >= 4 is 71.7 Å². The molecule has 0 aliphatic rings. The Hall–Kier alpha value is -7.77. The van der Waals surface area contributed by atoms with E-state index in [0.717, 1.165) is 94.0 Å². The van der Waals surface area contributed by atoms with Crippen molar-refractivity contribution in [2.75, 3.05) is 4.90 Å². The summed E-state index contributed by atoms with van der Waals surface area (Å²) >= 11 is 0. The summed E-state index contributed by atoms with van der Waals surface area (Å²) in [5.41, 5.74) is 11.4. The van der Waals surface area contributed by atoms with Crippen LogP contribution in [0, 0.1) is 0 Å². The van der Waals surface area contributed by atoms with Gasteiger partial charge in [-0.15, -0.1) is 0 Å². The highest BCUT2D eigenvalue weighted by Crippen LogP contribution is 2.40. The van der Waals surface area contributed by atoms with Crippen LogP contribution in [-0.2, 0) is 0 Å². The zero-order valence-corrected chi connectivity index (χ0v) is 29.9. The Labute approximate surface area is 321 Å². The molecule has 7 nitrogen and oxygen atoms in total. The first-order chi connectivity index (χ1) is 27.7. The fraction of sp³-hybridized carbons (Fsp3) is 0. The molecule has 0 saturated heterocycles. The maximum absolute atomic E-state index is 6.32. The summed E-state index contributed by atoms with van der Waals surface area (Å²) in [4.78, 5) is 25.9. The molecule has 0 saturated carbocycles. The predicted octanol–water partition coefficient (Wildman–Crippen LogP) is 12.5. The highest BCUT2D eigenvalue weighted by atomic mass is 16.3. The number of hydrogen-bond donors (Lipinski definition) is 0. The largest absolute Gasteiger partial charge is 0.454 e. The molecule has 0 fully saturated rings. The fourth-order valence-corrected chi connectivity index (χ4v) is 7.56. The Kier molecular flexibility index (Phi) is 7.35. The molecule has 0 atom stereocenters. The van der Waals surface area contributed by atoms with Gasteiger partial charge in [-0.2, -0.15) is 0 Å². The second kappa shape index (κ2) is 13.0. The van der Waals surface area contributed by atoms with Crippen molar-refractivity contribution in [3.8, 4) is 33.9 Å². The molecule has 4 heterocycles. The maximum atomic E-state index is 6.32. The van der Waals surface area contributed by atoms with Gasteiger partial charge in [0.2, 0.25) is 0 Å². The minimum Gasteiger partial charge on any atom is -0.454 e. The smallest absolute Gasteiger partial charge is 0.161 e. The van der Waals surface area contributed by atoms with Crippen LogP contribution in [-0.4, -0.2) is 24.9 Å². The number of fused-ring (bicyclic) bond motifs is 6. The molecule has 56 heavy (non-hydrogen) atoms. The van der Waals surface area contributed by atoms with Crippen LogP contribution < -0.4 is 4.90 Å². The molecule has 7 aromatic carbocycles. The predicted molar refractivity (Wildman–Crippen MR) is 226 cm³/mol.